The molecule has 0 radical (unpaired) electrons. The molecule has 0 aliphatic carbocycles. The number of imidazole rings is 1. The molecule has 0 bridgehead atoms. The van der Waals surface area contributed by atoms with Crippen LogP contribution in [0.3, 0.4) is 0 Å². The van der Waals surface area contributed by atoms with Crippen LogP contribution in [0.2, 0.25) is 0 Å². The highest BCUT2D eigenvalue weighted by atomic mass is 16.3. The van der Waals surface area contributed by atoms with Gasteiger partial charge in [0.25, 0.3) is 0 Å². The number of rotatable bonds is 5. The number of hydrogen-bond donors (Lipinski definition) is 0. The van der Waals surface area contributed by atoms with Crippen LogP contribution < -0.4 is 0 Å². The second kappa shape index (κ2) is 6.77. The molecule has 0 aliphatic rings. The predicted octanol–water partition coefficient (Wildman–Crippen LogP) is 4.82. The van der Waals surface area contributed by atoms with Gasteiger partial charge in [0.1, 0.15) is 0 Å². The van der Waals surface area contributed by atoms with E-state index < -0.39 is 0 Å². The molecule has 0 spiro atoms. The number of pyridine rings is 1. The minimum atomic E-state index is 0.697. The molecule has 0 atom stereocenters. The summed E-state index contributed by atoms with van der Waals surface area (Å²) in [4.78, 5) is 9.36. The van der Waals surface area contributed by atoms with Crippen molar-refractivity contribution in [1.82, 2.24) is 14.5 Å². The number of furan rings is 1. The van der Waals surface area contributed by atoms with Crippen LogP contribution in [0.15, 0.2) is 78.0 Å². The standard InChI is InChI=1S/C21H19N3O/c1-2-16-8-9-19(22-12-16)21-20(18-6-4-3-5-7-18)23-15-24(21)13-17-10-11-25-14-17/h3-12,14-15H,2,13H2,1H3. The Hall–Kier alpha value is -3.14. The molecular formula is C21H19N3O. The zero-order valence-electron chi connectivity index (χ0n) is 14.1. The Morgan fingerprint density at radius 3 is 2.52 bits per heavy atom. The monoisotopic (exact) mass is 329 g/mol. The molecule has 4 aromatic rings. The van der Waals surface area contributed by atoms with E-state index in [9.17, 15) is 0 Å². The number of benzene rings is 1. The van der Waals surface area contributed by atoms with Crippen molar-refractivity contribution in [3.63, 3.8) is 0 Å². The Labute approximate surface area is 146 Å². The van der Waals surface area contributed by atoms with Crippen molar-refractivity contribution in [2.24, 2.45) is 0 Å². The lowest BCUT2D eigenvalue weighted by Gasteiger charge is -2.10. The average molecular weight is 329 g/mol. The summed E-state index contributed by atoms with van der Waals surface area (Å²) in [7, 11) is 0. The lowest BCUT2D eigenvalue weighted by molar-refractivity contribution is 0.562. The third-order valence-corrected chi connectivity index (χ3v) is 4.29. The Morgan fingerprint density at radius 2 is 1.84 bits per heavy atom. The highest BCUT2D eigenvalue weighted by Crippen LogP contribution is 2.30. The number of nitrogens with zero attached hydrogens (tertiary/aromatic N) is 3. The van der Waals surface area contributed by atoms with E-state index in [0.29, 0.717) is 6.54 Å². The van der Waals surface area contributed by atoms with Crippen molar-refractivity contribution in [3.05, 3.63) is 84.7 Å². The maximum absolute atomic E-state index is 5.20. The third-order valence-electron chi connectivity index (χ3n) is 4.29. The molecule has 4 nitrogen and oxygen atoms in total. The molecule has 124 valence electrons. The first-order valence-electron chi connectivity index (χ1n) is 8.42. The first kappa shape index (κ1) is 15.4. The van der Waals surface area contributed by atoms with Crippen LogP contribution in [0, 0.1) is 0 Å². The second-order valence-electron chi connectivity index (χ2n) is 5.97. The minimum absolute atomic E-state index is 0.697. The van der Waals surface area contributed by atoms with Gasteiger partial charge in [-0.15, -0.1) is 0 Å². The molecule has 3 aromatic heterocycles. The predicted molar refractivity (Wildman–Crippen MR) is 98.1 cm³/mol. The largest absolute Gasteiger partial charge is 0.472 e. The summed E-state index contributed by atoms with van der Waals surface area (Å²) in [5.74, 6) is 0. The van der Waals surface area contributed by atoms with Gasteiger partial charge in [0.15, 0.2) is 0 Å². The molecule has 25 heavy (non-hydrogen) atoms. The normalized spacial score (nSPS) is 10.9. The third kappa shape index (κ3) is 3.11. The fourth-order valence-electron chi connectivity index (χ4n) is 2.93. The van der Waals surface area contributed by atoms with Crippen LogP contribution in [0.25, 0.3) is 22.6 Å². The quantitative estimate of drug-likeness (QED) is 0.527. The summed E-state index contributed by atoms with van der Waals surface area (Å²) in [5, 5.41) is 0. The smallest absolute Gasteiger partial charge is 0.0979 e. The highest BCUT2D eigenvalue weighted by molar-refractivity contribution is 5.76. The zero-order chi connectivity index (χ0) is 17.1. The second-order valence-corrected chi connectivity index (χ2v) is 5.97. The lowest BCUT2D eigenvalue weighted by Crippen LogP contribution is -2.01. The van der Waals surface area contributed by atoms with Gasteiger partial charge in [-0.05, 0) is 24.1 Å². The van der Waals surface area contributed by atoms with Crippen LogP contribution in [-0.4, -0.2) is 14.5 Å². The molecule has 0 unspecified atom stereocenters. The van der Waals surface area contributed by atoms with Gasteiger partial charge in [0, 0.05) is 17.3 Å². The van der Waals surface area contributed by atoms with Crippen molar-refractivity contribution in [3.8, 4) is 22.6 Å². The van der Waals surface area contributed by atoms with E-state index in [0.717, 1.165) is 34.6 Å². The lowest BCUT2D eigenvalue weighted by atomic mass is 10.1. The van der Waals surface area contributed by atoms with Crippen molar-refractivity contribution in [1.29, 1.82) is 0 Å². The molecule has 4 heteroatoms. The van der Waals surface area contributed by atoms with Gasteiger partial charge in [0.05, 0.1) is 42.5 Å². The van der Waals surface area contributed by atoms with Crippen LogP contribution in [0.5, 0.6) is 0 Å². The van der Waals surface area contributed by atoms with E-state index in [1.807, 2.05) is 36.8 Å². The molecular weight excluding hydrogens is 310 g/mol. The summed E-state index contributed by atoms with van der Waals surface area (Å²) >= 11 is 0. The maximum atomic E-state index is 5.20. The van der Waals surface area contributed by atoms with Gasteiger partial charge in [-0.2, -0.15) is 0 Å². The molecule has 1 aromatic carbocycles. The molecule has 0 saturated carbocycles. The Balaban J connectivity index is 1.83. The van der Waals surface area contributed by atoms with E-state index in [1.165, 1.54) is 5.56 Å². The summed E-state index contributed by atoms with van der Waals surface area (Å²) < 4.78 is 7.33. The first-order valence-corrected chi connectivity index (χ1v) is 8.42. The molecule has 4 rings (SSSR count). The maximum Gasteiger partial charge on any atom is 0.0979 e. The fourth-order valence-corrected chi connectivity index (χ4v) is 2.93. The van der Waals surface area contributed by atoms with Crippen LogP contribution in [0.4, 0.5) is 0 Å². The molecule has 0 amide bonds. The molecule has 0 N–H and O–H groups in total. The Morgan fingerprint density at radius 1 is 0.960 bits per heavy atom. The highest BCUT2D eigenvalue weighted by Gasteiger charge is 2.16. The number of hydrogen-bond acceptors (Lipinski definition) is 3. The van der Waals surface area contributed by atoms with E-state index in [4.69, 9.17) is 4.42 Å². The number of aryl methyl sites for hydroxylation is 1. The van der Waals surface area contributed by atoms with Gasteiger partial charge in [0.2, 0.25) is 0 Å². The van der Waals surface area contributed by atoms with E-state index in [-0.39, 0.29) is 0 Å². The van der Waals surface area contributed by atoms with Crippen molar-refractivity contribution in [2.45, 2.75) is 19.9 Å². The summed E-state index contributed by atoms with van der Waals surface area (Å²) in [5.41, 5.74) is 6.31. The van der Waals surface area contributed by atoms with E-state index in [1.54, 1.807) is 12.5 Å². The molecule has 0 fully saturated rings. The van der Waals surface area contributed by atoms with E-state index in [2.05, 4.69) is 45.7 Å². The van der Waals surface area contributed by atoms with Crippen molar-refractivity contribution < 1.29 is 4.42 Å². The average Bonchev–Trinajstić information content (AvgIpc) is 3.33. The van der Waals surface area contributed by atoms with E-state index >= 15 is 0 Å². The van der Waals surface area contributed by atoms with Crippen LogP contribution in [-0.2, 0) is 13.0 Å². The SMILES string of the molecule is CCc1ccc(-c2c(-c3ccccc3)ncn2Cc2ccoc2)nc1. The van der Waals surface area contributed by atoms with Crippen molar-refractivity contribution in [2.75, 3.05) is 0 Å². The number of aromatic nitrogens is 3. The van der Waals surface area contributed by atoms with Gasteiger partial charge < -0.3 is 8.98 Å². The van der Waals surface area contributed by atoms with Gasteiger partial charge in [-0.1, -0.05) is 43.3 Å². The van der Waals surface area contributed by atoms with Gasteiger partial charge >= 0.3 is 0 Å². The summed E-state index contributed by atoms with van der Waals surface area (Å²) in [6.07, 6.45) is 8.25. The molecule has 3 heterocycles. The Kier molecular flexibility index (Phi) is 4.17. The van der Waals surface area contributed by atoms with Crippen molar-refractivity contribution >= 4 is 0 Å². The Bertz CT molecular complexity index is 939. The zero-order valence-corrected chi connectivity index (χ0v) is 14.1. The van der Waals surface area contributed by atoms with Crippen LogP contribution in [0.1, 0.15) is 18.1 Å². The first-order chi connectivity index (χ1) is 12.3. The molecule has 0 saturated heterocycles. The fraction of sp³-hybridized carbons (Fsp3) is 0.143. The van der Waals surface area contributed by atoms with Gasteiger partial charge in [-0.3, -0.25) is 4.98 Å². The summed E-state index contributed by atoms with van der Waals surface area (Å²) in [6, 6.07) is 16.4. The summed E-state index contributed by atoms with van der Waals surface area (Å²) in [6.45, 7) is 2.83. The molecule has 0 aliphatic heterocycles. The van der Waals surface area contributed by atoms with Crippen LogP contribution >= 0.6 is 0 Å². The minimum Gasteiger partial charge on any atom is -0.472 e. The van der Waals surface area contributed by atoms with Gasteiger partial charge in [-0.25, -0.2) is 4.98 Å². The topological polar surface area (TPSA) is 43.9 Å².